The second-order valence-corrected chi connectivity index (χ2v) is 3.66. The summed E-state index contributed by atoms with van der Waals surface area (Å²) in [4.78, 5) is 10.4. The summed E-state index contributed by atoms with van der Waals surface area (Å²) in [6.45, 7) is 0. The highest BCUT2D eigenvalue weighted by atomic mass is 16.6. The van der Waals surface area contributed by atoms with Gasteiger partial charge in [-0.25, -0.2) is 0 Å². The van der Waals surface area contributed by atoms with Gasteiger partial charge in [0.1, 0.15) is 5.75 Å². The third-order valence-electron chi connectivity index (χ3n) is 2.58. The Morgan fingerprint density at radius 1 is 1.22 bits per heavy atom. The molecule has 0 aliphatic rings. The van der Waals surface area contributed by atoms with E-state index < -0.39 is 4.92 Å². The van der Waals surface area contributed by atoms with Crippen molar-refractivity contribution >= 4 is 5.69 Å². The summed E-state index contributed by atoms with van der Waals surface area (Å²) in [6, 6.07) is 11.5. The first-order valence-corrected chi connectivity index (χ1v) is 5.24. The lowest BCUT2D eigenvalue weighted by Crippen LogP contribution is -1.94. The van der Waals surface area contributed by atoms with Crippen molar-refractivity contribution in [2.75, 3.05) is 7.11 Å². The molecule has 2 aromatic rings. The zero-order valence-corrected chi connectivity index (χ0v) is 9.66. The number of aromatic hydroxyl groups is 1. The maximum absolute atomic E-state index is 10.9. The molecule has 2 rings (SSSR count). The van der Waals surface area contributed by atoms with Crippen LogP contribution in [0.5, 0.6) is 11.5 Å². The highest BCUT2D eigenvalue weighted by molar-refractivity contribution is 5.75. The normalized spacial score (nSPS) is 10.1. The molecule has 5 heteroatoms. The van der Waals surface area contributed by atoms with Gasteiger partial charge in [-0.3, -0.25) is 10.1 Å². The monoisotopic (exact) mass is 245 g/mol. The highest BCUT2D eigenvalue weighted by Crippen LogP contribution is 2.38. The van der Waals surface area contributed by atoms with E-state index in [0.29, 0.717) is 11.1 Å². The molecular weight excluding hydrogens is 234 g/mol. The van der Waals surface area contributed by atoms with Crippen LogP contribution in [0.15, 0.2) is 42.5 Å². The third kappa shape index (κ3) is 2.10. The van der Waals surface area contributed by atoms with Crippen molar-refractivity contribution in [2.45, 2.75) is 0 Å². The summed E-state index contributed by atoms with van der Waals surface area (Å²) in [5, 5.41) is 20.8. The van der Waals surface area contributed by atoms with Gasteiger partial charge in [0, 0.05) is 17.7 Å². The minimum Gasteiger partial charge on any atom is -0.507 e. The minimum absolute atomic E-state index is 0.0391. The van der Waals surface area contributed by atoms with Gasteiger partial charge in [-0.2, -0.15) is 0 Å². The molecule has 0 atom stereocenters. The van der Waals surface area contributed by atoms with Crippen LogP contribution in [0.25, 0.3) is 11.1 Å². The average Bonchev–Trinajstić information content (AvgIpc) is 2.39. The number of nitrogens with zero attached hydrogens (tertiary/aromatic N) is 1. The van der Waals surface area contributed by atoms with E-state index in [1.54, 1.807) is 24.3 Å². The van der Waals surface area contributed by atoms with E-state index in [1.165, 1.54) is 19.2 Å². The predicted octanol–water partition coefficient (Wildman–Crippen LogP) is 2.98. The average molecular weight is 245 g/mol. The lowest BCUT2D eigenvalue weighted by Gasteiger charge is -2.07. The summed E-state index contributed by atoms with van der Waals surface area (Å²) >= 11 is 0. The van der Waals surface area contributed by atoms with Gasteiger partial charge in [0.05, 0.1) is 12.0 Å². The van der Waals surface area contributed by atoms with Crippen LogP contribution >= 0.6 is 0 Å². The van der Waals surface area contributed by atoms with Crippen LogP contribution in [0.3, 0.4) is 0 Å². The van der Waals surface area contributed by atoms with E-state index in [0.717, 1.165) is 0 Å². The zero-order valence-electron chi connectivity index (χ0n) is 9.66. The number of phenolic OH excluding ortho intramolecular Hbond substituents is 1. The Bertz CT molecular complexity index is 581. The van der Waals surface area contributed by atoms with Gasteiger partial charge >= 0.3 is 5.69 Å². The van der Waals surface area contributed by atoms with Crippen molar-refractivity contribution in [1.82, 2.24) is 0 Å². The maximum atomic E-state index is 10.9. The van der Waals surface area contributed by atoms with Gasteiger partial charge in [0.15, 0.2) is 0 Å². The van der Waals surface area contributed by atoms with Crippen LogP contribution in [-0.2, 0) is 0 Å². The van der Waals surface area contributed by atoms with Crippen LogP contribution in [0, 0.1) is 10.1 Å². The Morgan fingerprint density at radius 3 is 2.44 bits per heavy atom. The van der Waals surface area contributed by atoms with Crippen LogP contribution in [-0.4, -0.2) is 17.1 Å². The van der Waals surface area contributed by atoms with Crippen LogP contribution in [0.2, 0.25) is 0 Å². The minimum atomic E-state index is -0.537. The van der Waals surface area contributed by atoms with Crippen LogP contribution in [0.4, 0.5) is 5.69 Å². The van der Waals surface area contributed by atoms with E-state index >= 15 is 0 Å². The molecule has 0 heterocycles. The first kappa shape index (κ1) is 11.9. The third-order valence-corrected chi connectivity index (χ3v) is 2.58. The molecule has 0 unspecified atom stereocenters. The number of phenols is 1. The lowest BCUT2D eigenvalue weighted by molar-refractivity contribution is -0.385. The van der Waals surface area contributed by atoms with Gasteiger partial charge in [-0.05, 0) is 5.56 Å². The van der Waals surface area contributed by atoms with Crippen molar-refractivity contribution in [3.05, 3.63) is 52.6 Å². The second kappa shape index (κ2) is 4.75. The Morgan fingerprint density at radius 2 is 1.89 bits per heavy atom. The number of rotatable bonds is 3. The van der Waals surface area contributed by atoms with Crippen molar-refractivity contribution in [3.8, 4) is 22.6 Å². The summed E-state index contributed by atoms with van der Waals surface area (Å²) in [5.74, 6) is -0.0131. The molecule has 0 aliphatic heterocycles. The molecule has 92 valence electrons. The topological polar surface area (TPSA) is 72.6 Å². The number of methoxy groups -OCH3 is 1. The second-order valence-electron chi connectivity index (χ2n) is 3.66. The van der Waals surface area contributed by atoms with E-state index in [1.807, 2.05) is 6.07 Å². The molecule has 0 spiro atoms. The fourth-order valence-electron chi connectivity index (χ4n) is 1.71. The molecule has 5 nitrogen and oxygen atoms in total. The number of nitro groups is 1. The lowest BCUT2D eigenvalue weighted by atomic mass is 10.0. The smallest absolute Gasteiger partial charge is 0.311 e. The van der Waals surface area contributed by atoms with Gasteiger partial charge in [-0.1, -0.05) is 30.3 Å². The molecule has 18 heavy (non-hydrogen) atoms. The molecule has 1 N–H and O–H groups in total. The molecular formula is C13H11NO4. The van der Waals surface area contributed by atoms with Crippen molar-refractivity contribution in [3.63, 3.8) is 0 Å². The molecule has 0 fully saturated rings. The molecule has 0 radical (unpaired) electrons. The molecule has 0 saturated carbocycles. The van der Waals surface area contributed by atoms with Crippen molar-refractivity contribution in [1.29, 1.82) is 0 Å². The zero-order chi connectivity index (χ0) is 13.1. The molecule has 0 saturated heterocycles. The van der Waals surface area contributed by atoms with E-state index in [9.17, 15) is 15.2 Å². The number of hydrogen-bond donors (Lipinski definition) is 1. The Balaban J connectivity index is 2.63. The van der Waals surface area contributed by atoms with Crippen molar-refractivity contribution in [2.24, 2.45) is 0 Å². The fourth-order valence-corrected chi connectivity index (χ4v) is 1.71. The SMILES string of the molecule is COc1cc(O)c(-c2ccccc2)cc1[N+](=O)[O-]. The first-order valence-electron chi connectivity index (χ1n) is 5.24. The number of benzene rings is 2. The number of nitro benzene ring substituents is 1. The summed E-state index contributed by atoms with van der Waals surface area (Å²) < 4.78 is 4.88. The molecule has 0 bridgehead atoms. The van der Waals surface area contributed by atoms with Crippen molar-refractivity contribution < 1.29 is 14.8 Å². The molecule has 2 aromatic carbocycles. The van der Waals surface area contributed by atoms with E-state index in [2.05, 4.69) is 0 Å². The largest absolute Gasteiger partial charge is 0.507 e. The van der Waals surface area contributed by atoms with Gasteiger partial charge in [0.2, 0.25) is 5.75 Å². The van der Waals surface area contributed by atoms with Crippen LogP contribution < -0.4 is 4.74 Å². The predicted molar refractivity (Wildman–Crippen MR) is 66.7 cm³/mol. The van der Waals surface area contributed by atoms with E-state index in [4.69, 9.17) is 4.74 Å². The van der Waals surface area contributed by atoms with Gasteiger partial charge in [0.25, 0.3) is 0 Å². The quantitative estimate of drug-likeness (QED) is 0.666. The Kier molecular flexibility index (Phi) is 3.14. The Hall–Kier alpha value is -2.56. The standard InChI is InChI=1S/C13H11NO4/c1-18-13-8-12(15)10(7-11(13)14(16)17)9-5-3-2-4-6-9/h2-8,15H,1H3. The fraction of sp³-hybridized carbons (Fsp3) is 0.0769. The Labute approximate surface area is 103 Å². The summed E-state index contributed by atoms with van der Waals surface area (Å²) in [5.41, 5.74) is 0.943. The van der Waals surface area contributed by atoms with Gasteiger partial charge in [-0.15, -0.1) is 0 Å². The molecule has 0 amide bonds. The van der Waals surface area contributed by atoms with Gasteiger partial charge < -0.3 is 9.84 Å². The maximum Gasteiger partial charge on any atom is 0.311 e. The molecule has 0 aromatic heterocycles. The number of hydrogen-bond acceptors (Lipinski definition) is 4. The van der Waals surface area contributed by atoms with Crippen LogP contribution in [0.1, 0.15) is 0 Å². The molecule has 0 aliphatic carbocycles. The summed E-state index contributed by atoms with van der Waals surface area (Å²) in [6.07, 6.45) is 0. The highest BCUT2D eigenvalue weighted by Gasteiger charge is 2.19. The van der Waals surface area contributed by atoms with E-state index in [-0.39, 0.29) is 17.2 Å². The summed E-state index contributed by atoms with van der Waals surface area (Å²) in [7, 11) is 1.32. The number of ether oxygens (including phenoxy) is 1. The first-order chi connectivity index (χ1) is 8.63.